The van der Waals surface area contributed by atoms with Crippen molar-refractivity contribution >= 4 is 33.2 Å². The van der Waals surface area contributed by atoms with Crippen LogP contribution in [0.2, 0.25) is 5.02 Å². The lowest BCUT2D eigenvalue weighted by Crippen LogP contribution is -2.29. The fourth-order valence-corrected chi connectivity index (χ4v) is 4.28. The molecule has 2 aromatic rings. The maximum absolute atomic E-state index is 12.7. The van der Waals surface area contributed by atoms with E-state index in [4.69, 9.17) is 16.3 Å². The summed E-state index contributed by atoms with van der Waals surface area (Å²) in [6, 6.07) is 12.3. The molecule has 1 heterocycles. The standard InChI is InChI=1S/C20H23ClN2O4S/c1-22(11-3-13-27-18-7-5-17(21)6-8-18)20(24)16-4-9-19-15(14-16)10-12-23(19)28(2,25)26/h4-9,14H,3,10-13H2,1-2H3. The van der Waals surface area contributed by atoms with E-state index in [1.54, 1.807) is 42.3 Å². The van der Waals surface area contributed by atoms with E-state index in [1.165, 1.54) is 10.6 Å². The molecule has 0 saturated carbocycles. The van der Waals surface area contributed by atoms with Gasteiger partial charge < -0.3 is 9.64 Å². The topological polar surface area (TPSA) is 66.9 Å². The van der Waals surface area contributed by atoms with Crippen LogP contribution >= 0.6 is 11.6 Å². The van der Waals surface area contributed by atoms with Crippen LogP contribution in [0, 0.1) is 0 Å². The summed E-state index contributed by atoms with van der Waals surface area (Å²) in [5.74, 6) is 0.652. The Morgan fingerprint density at radius 2 is 1.93 bits per heavy atom. The van der Waals surface area contributed by atoms with E-state index in [9.17, 15) is 13.2 Å². The summed E-state index contributed by atoms with van der Waals surface area (Å²) in [6.07, 6.45) is 2.50. The van der Waals surface area contributed by atoms with Gasteiger partial charge in [0.2, 0.25) is 10.0 Å². The third-order valence-corrected chi connectivity index (χ3v) is 6.08. The molecule has 150 valence electrons. The fraction of sp³-hybridized carbons (Fsp3) is 0.350. The number of carbonyl (C=O) groups excluding carboxylic acids is 1. The normalized spacial score (nSPS) is 13.3. The number of fused-ring (bicyclic) bond motifs is 1. The number of hydrogen-bond acceptors (Lipinski definition) is 4. The van der Waals surface area contributed by atoms with Crippen LogP contribution in [-0.2, 0) is 16.4 Å². The Bertz CT molecular complexity index is 961. The van der Waals surface area contributed by atoms with Crippen LogP contribution in [0.25, 0.3) is 0 Å². The van der Waals surface area contributed by atoms with Crippen molar-refractivity contribution in [2.45, 2.75) is 12.8 Å². The molecule has 1 aliphatic rings. The highest BCUT2D eigenvalue weighted by molar-refractivity contribution is 7.92. The Labute approximate surface area is 170 Å². The van der Waals surface area contributed by atoms with E-state index in [0.29, 0.717) is 48.8 Å². The van der Waals surface area contributed by atoms with Crippen molar-refractivity contribution in [1.82, 2.24) is 4.90 Å². The minimum Gasteiger partial charge on any atom is -0.494 e. The largest absolute Gasteiger partial charge is 0.494 e. The number of sulfonamides is 1. The average Bonchev–Trinajstić information content (AvgIpc) is 3.09. The minimum atomic E-state index is -3.29. The molecule has 28 heavy (non-hydrogen) atoms. The molecule has 0 aromatic heterocycles. The van der Waals surface area contributed by atoms with Gasteiger partial charge in [0, 0.05) is 30.7 Å². The molecule has 1 aliphatic heterocycles. The van der Waals surface area contributed by atoms with Crippen LogP contribution in [0.1, 0.15) is 22.3 Å². The summed E-state index contributed by atoms with van der Waals surface area (Å²) in [5, 5.41) is 0.659. The molecule has 0 radical (unpaired) electrons. The predicted molar refractivity (Wildman–Crippen MR) is 111 cm³/mol. The summed E-state index contributed by atoms with van der Waals surface area (Å²) in [6.45, 7) is 1.47. The first-order valence-corrected chi connectivity index (χ1v) is 11.2. The van der Waals surface area contributed by atoms with Gasteiger partial charge in [0.25, 0.3) is 5.91 Å². The van der Waals surface area contributed by atoms with Crippen LogP contribution < -0.4 is 9.04 Å². The number of anilines is 1. The molecule has 0 atom stereocenters. The molecule has 0 N–H and O–H groups in total. The summed E-state index contributed by atoms with van der Waals surface area (Å²) < 4.78 is 30.7. The average molecular weight is 423 g/mol. The number of rotatable bonds is 7. The maximum atomic E-state index is 12.7. The van der Waals surface area contributed by atoms with Crippen molar-refractivity contribution in [3.8, 4) is 5.75 Å². The van der Waals surface area contributed by atoms with Gasteiger partial charge in [0.1, 0.15) is 5.75 Å². The van der Waals surface area contributed by atoms with Crippen molar-refractivity contribution in [2.75, 3.05) is 37.3 Å². The number of ether oxygens (including phenoxy) is 1. The van der Waals surface area contributed by atoms with Gasteiger partial charge in [-0.25, -0.2) is 8.42 Å². The summed E-state index contributed by atoms with van der Waals surface area (Å²) in [4.78, 5) is 14.3. The van der Waals surface area contributed by atoms with Crippen molar-refractivity contribution in [3.05, 3.63) is 58.6 Å². The fourth-order valence-electron chi connectivity index (χ4n) is 3.19. The predicted octanol–water partition coefficient (Wildman–Crippen LogP) is 3.20. The van der Waals surface area contributed by atoms with Gasteiger partial charge in [0.05, 0.1) is 18.6 Å². The van der Waals surface area contributed by atoms with Gasteiger partial charge in [-0.3, -0.25) is 9.10 Å². The van der Waals surface area contributed by atoms with Gasteiger partial charge in [-0.2, -0.15) is 0 Å². The Hall–Kier alpha value is -2.25. The second-order valence-electron chi connectivity index (χ2n) is 6.81. The molecular weight excluding hydrogens is 400 g/mol. The molecule has 6 nitrogen and oxygen atoms in total. The number of nitrogens with zero attached hydrogens (tertiary/aromatic N) is 2. The molecule has 0 spiro atoms. The lowest BCUT2D eigenvalue weighted by molar-refractivity contribution is 0.0788. The molecule has 0 unspecified atom stereocenters. The van der Waals surface area contributed by atoms with Gasteiger partial charge in [-0.15, -0.1) is 0 Å². The summed E-state index contributed by atoms with van der Waals surface area (Å²) in [7, 11) is -1.54. The Kier molecular flexibility index (Phi) is 6.15. The Balaban J connectivity index is 1.54. The zero-order valence-electron chi connectivity index (χ0n) is 15.9. The third kappa shape index (κ3) is 4.77. The van der Waals surface area contributed by atoms with Crippen molar-refractivity contribution < 1.29 is 17.9 Å². The van der Waals surface area contributed by atoms with E-state index >= 15 is 0 Å². The number of halogens is 1. The van der Waals surface area contributed by atoms with E-state index in [1.807, 2.05) is 12.1 Å². The Morgan fingerprint density at radius 3 is 2.61 bits per heavy atom. The van der Waals surface area contributed by atoms with Crippen molar-refractivity contribution in [2.24, 2.45) is 0 Å². The van der Waals surface area contributed by atoms with Crippen LogP contribution in [0.3, 0.4) is 0 Å². The first-order chi connectivity index (χ1) is 13.3. The molecule has 0 saturated heterocycles. The van der Waals surface area contributed by atoms with E-state index < -0.39 is 10.0 Å². The van der Waals surface area contributed by atoms with Gasteiger partial charge in [-0.1, -0.05) is 11.6 Å². The third-order valence-electron chi connectivity index (χ3n) is 4.65. The maximum Gasteiger partial charge on any atom is 0.253 e. The van der Waals surface area contributed by atoms with Crippen LogP contribution in [-0.4, -0.2) is 52.2 Å². The van der Waals surface area contributed by atoms with Gasteiger partial charge >= 0.3 is 0 Å². The number of hydrogen-bond donors (Lipinski definition) is 0. The molecule has 0 fully saturated rings. The molecule has 8 heteroatoms. The molecule has 1 amide bonds. The number of amides is 1. The van der Waals surface area contributed by atoms with E-state index in [-0.39, 0.29) is 5.91 Å². The number of benzene rings is 2. The van der Waals surface area contributed by atoms with Crippen LogP contribution in [0.15, 0.2) is 42.5 Å². The zero-order valence-corrected chi connectivity index (χ0v) is 17.5. The second kappa shape index (κ2) is 8.41. The Morgan fingerprint density at radius 1 is 1.21 bits per heavy atom. The monoisotopic (exact) mass is 422 g/mol. The molecule has 2 aromatic carbocycles. The first kappa shape index (κ1) is 20.5. The smallest absolute Gasteiger partial charge is 0.253 e. The highest BCUT2D eigenvalue weighted by Crippen LogP contribution is 2.31. The van der Waals surface area contributed by atoms with Crippen LogP contribution in [0.5, 0.6) is 5.75 Å². The second-order valence-corrected chi connectivity index (χ2v) is 9.15. The quantitative estimate of drug-likeness (QED) is 0.642. The van der Waals surface area contributed by atoms with Crippen LogP contribution in [0.4, 0.5) is 5.69 Å². The molecule has 0 bridgehead atoms. The molecule has 3 rings (SSSR count). The SMILES string of the molecule is CN(CCCOc1ccc(Cl)cc1)C(=O)c1ccc2c(c1)CCN2S(C)(=O)=O. The minimum absolute atomic E-state index is 0.0906. The van der Waals surface area contributed by atoms with E-state index in [2.05, 4.69) is 0 Å². The highest BCUT2D eigenvalue weighted by Gasteiger charge is 2.27. The van der Waals surface area contributed by atoms with Gasteiger partial charge in [0.15, 0.2) is 0 Å². The lowest BCUT2D eigenvalue weighted by Gasteiger charge is -2.19. The first-order valence-electron chi connectivity index (χ1n) is 9.00. The zero-order chi connectivity index (χ0) is 20.3. The number of carbonyl (C=O) groups is 1. The van der Waals surface area contributed by atoms with Gasteiger partial charge in [-0.05, 0) is 60.9 Å². The summed E-state index contributed by atoms with van der Waals surface area (Å²) >= 11 is 5.84. The molecule has 0 aliphatic carbocycles. The molecular formula is C20H23ClN2O4S. The lowest BCUT2D eigenvalue weighted by atomic mass is 10.1. The highest BCUT2D eigenvalue weighted by atomic mass is 35.5. The van der Waals surface area contributed by atoms with E-state index in [0.717, 1.165) is 11.3 Å². The summed E-state index contributed by atoms with van der Waals surface area (Å²) in [5.41, 5.74) is 2.11. The van der Waals surface area contributed by atoms with Crippen molar-refractivity contribution in [3.63, 3.8) is 0 Å². The van der Waals surface area contributed by atoms with Crippen molar-refractivity contribution in [1.29, 1.82) is 0 Å².